The van der Waals surface area contributed by atoms with Crippen molar-refractivity contribution in [1.29, 1.82) is 0 Å². The van der Waals surface area contributed by atoms with Crippen molar-refractivity contribution in [3.8, 4) is 0 Å². The fraction of sp³-hybridized carbons (Fsp3) is 0.538. The first-order valence-corrected chi connectivity index (χ1v) is 8.80. The fourth-order valence-electron chi connectivity index (χ4n) is 2.26. The normalized spacial score (nSPS) is 21.7. The molecule has 0 aromatic heterocycles. The lowest BCUT2D eigenvalue weighted by molar-refractivity contribution is 0.420. The molecule has 1 aromatic rings. The number of nitrogens with one attached hydrogen (secondary N) is 1. The number of hydrogen-bond donors (Lipinski definition) is 1. The topological polar surface area (TPSA) is 46.2 Å². The third-order valence-electron chi connectivity index (χ3n) is 3.41. The lowest BCUT2D eigenvalue weighted by atomic mass is 10.1. The lowest BCUT2D eigenvalue weighted by Gasteiger charge is -2.26. The van der Waals surface area contributed by atoms with Crippen molar-refractivity contribution in [2.75, 3.05) is 11.5 Å². The van der Waals surface area contributed by atoms with E-state index >= 15 is 0 Å². The average molecular weight is 332 g/mol. The summed E-state index contributed by atoms with van der Waals surface area (Å²) in [4.78, 5) is 0. The number of halogens is 1. The largest absolute Gasteiger partial charge is 0.307 e. The van der Waals surface area contributed by atoms with Crippen molar-refractivity contribution in [2.45, 2.75) is 31.8 Å². The van der Waals surface area contributed by atoms with Crippen LogP contribution in [0.2, 0.25) is 0 Å². The van der Waals surface area contributed by atoms with Crippen LogP contribution in [0.5, 0.6) is 0 Å². The van der Waals surface area contributed by atoms with E-state index in [9.17, 15) is 8.42 Å². The summed E-state index contributed by atoms with van der Waals surface area (Å²) in [6.45, 7) is 2.12. The Balaban J connectivity index is 1.92. The van der Waals surface area contributed by atoms with Crippen LogP contribution in [-0.4, -0.2) is 26.0 Å². The van der Waals surface area contributed by atoms with Crippen LogP contribution in [0.15, 0.2) is 28.7 Å². The van der Waals surface area contributed by atoms with E-state index in [2.05, 4.69) is 40.3 Å². The van der Waals surface area contributed by atoms with Crippen LogP contribution in [0, 0.1) is 0 Å². The second kappa shape index (κ2) is 5.72. The minimum atomic E-state index is -2.77. The minimum absolute atomic E-state index is 0.254. The minimum Gasteiger partial charge on any atom is -0.307 e. The molecule has 100 valence electrons. The van der Waals surface area contributed by atoms with Gasteiger partial charge in [-0.3, -0.25) is 0 Å². The van der Waals surface area contributed by atoms with Gasteiger partial charge in [0, 0.05) is 16.6 Å². The fourth-order valence-corrected chi connectivity index (χ4v) is 4.01. The van der Waals surface area contributed by atoms with Crippen LogP contribution in [0.4, 0.5) is 0 Å². The van der Waals surface area contributed by atoms with E-state index in [-0.39, 0.29) is 6.04 Å². The molecule has 1 N–H and O–H groups in total. The summed E-state index contributed by atoms with van der Waals surface area (Å²) in [6, 6.07) is 8.79. The molecule has 2 rings (SSSR count). The maximum Gasteiger partial charge on any atom is 0.150 e. The van der Waals surface area contributed by atoms with Crippen LogP contribution < -0.4 is 5.32 Å². The van der Waals surface area contributed by atoms with Crippen LogP contribution in [0.3, 0.4) is 0 Å². The van der Waals surface area contributed by atoms with Crippen molar-refractivity contribution in [1.82, 2.24) is 5.32 Å². The number of sulfone groups is 1. The molecule has 0 aliphatic carbocycles. The zero-order valence-corrected chi connectivity index (χ0v) is 12.8. The maximum atomic E-state index is 11.4. The second-order valence-corrected chi connectivity index (χ2v) is 8.09. The summed E-state index contributed by atoms with van der Waals surface area (Å²) in [5.74, 6) is 0.634. The molecular weight excluding hydrogens is 314 g/mol. The van der Waals surface area contributed by atoms with E-state index in [0.29, 0.717) is 17.5 Å². The third-order valence-corrected chi connectivity index (χ3v) is 5.65. The molecule has 1 saturated heterocycles. The summed E-state index contributed by atoms with van der Waals surface area (Å²) in [6.07, 6.45) is 1.45. The van der Waals surface area contributed by atoms with E-state index in [1.54, 1.807) is 0 Å². The molecule has 3 nitrogen and oxygen atoms in total. The summed E-state index contributed by atoms with van der Waals surface area (Å²) in [7, 11) is -2.77. The number of hydrogen-bond acceptors (Lipinski definition) is 3. The molecule has 1 heterocycles. The highest BCUT2D eigenvalue weighted by atomic mass is 79.9. The SMILES string of the molecule is C[C@@H](NC1CCS(=O)(=O)CC1)c1ccc(Br)cc1. The maximum absolute atomic E-state index is 11.4. The van der Waals surface area contributed by atoms with Crippen LogP contribution in [-0.2, 0) is 9.84 Å². The number of benzene rings is 1. The highest BCUT2D eigenvalue weighted by Crippen LogP contribution is 2.20. The van der Waals surface area contributed by atoms with Crippen molar-refractivity contribution < 1.29 is 8.42 Å². The first-order chi connectivity index (χ1) is 8.46. The molecular formula is C13H18BrNO2S. The van der Waals surface area contributed by atoms with Gasteiger partial charge in [0.2, 0.25) is 0 Å². The van der Waals surface area contributed by atoms with Gasteiger partial charge in [-0.2, -0.15) is 0 Å². The van der Waals surface area contributed by atoms with E-state index in [1.165, 1.54) is 5.56 Å². The van der Waals surface area contributed by atoms with Gasteiger partial charge < -0.3 is 5.32 Å². The molecule has 0 radical (unpaired) electrons. The predicted molar refractivity (Wildman–Crippen MR) is 77.4 cm³/mol. The monoisotopic (exact) mass is 331 g/mol. The molecule has 1 atom stereocenters. The molecule has 0 saturated carbocycles. The van der Waals surface area contributed by atoms with E-state index in [0.717, 1.165) is 17.3 Å². The Morgan fingerprint density at radius 2 is 1.78 bits per heavy atom. The Morgan fingerprint density at radius 3 is 2.33 bits per heavy atom. The highest BCUT2D eigenvalue weighted by molar-refractivity contribution is 9.10. The molecule has 0 amide bonds. The Labute approximate surface area is 117 Å². The molecule has 1 fully saturated rings. The van der Waals surface area contributed by atoms with Gasteiger partial charge in [0.05, 0.1) is 11.5 Å². The summed E-state index contributed by atoms with van der Waals surface area (Å²) >= 11 is 3.42. The molecule has 0 unspecified atom stereocenters. The van der Waals surface area contributed by atoms with Gasteiger partial charge in [0.15, 0.2) is 0 Å². The van der Waals surface area contributed by atoms with Gasteiger partial charge in [0.1, 0.15) is 9.84 Å². The summed E-state index contributed by atoms with van der Waals surface area (Å²) in [5.41, 5.74) is 1.23. The Morgan fingerprint density at radius 1 is 1.22 bits per heavy atom. The average Bonchev–Trinajstić information content (AvgIpc) is 2.33. The van der Waals surface area contributed by atoms with Gasteiger partial charge in [0.25, 0.3) is 0 Å². The van der Waals surface area contributed by atoms with Crippen molar-refractivity contribution in [2.24, 2.45) is 0 Å². The zero-order chi connectivity index (χ0) is 13.2. The zero-order valence-electron chi connectivity index (χ0n) is 10.4. The van der Waals surface area contributed by atoms with E-state index in [1.807, 2.05) is 12.1 Å². The molecule has 0 spiro atoms. The molecule has 1 aliphatic rings. The van der Waals surface area contributed by atoms with E-state index in [4.69, 9.17) is 0 Å². The van der Waals surface area contributed by atoms with Crippen LogP contribution >= 0.6 is 15.9 Å². The first kappa shape index (κ1) is 14.0. The Kier molecular flexibility index (Phi) is 4.45. The lowest BCUT2D eigenvalue weighted by Crippen LogP contribution is -2.38. The van der Waals surface area contributed by atoms with Crippen LogP contribution in [0.25, 0.3) is 0 Å². The molecule has 1 aliphatic heterocycles. The van der Waals surface area contributed by atoms with Gasteiger partial charge in [-0.25, -0.2) is 8.42 Å². The Hall–Kier alpha value is -0.390. The third kappa shape index (κ3) is 3.80. The number of rotatable bonds is 3. The van der Waals surface area contributed by atoms with Crippen molar-refractivity contribution in [3.05, 3.63) is 34.3 Å². The second-order valence-electron chi connectivity index (χ2n) is 4.87. The molecule has 18 heavy (non-hydrogen) atoms. The smallest absolute Gasteiger partial charge is 0.150 e. The summed E-state index contributed by atoms with van der Waals surface area (Å²) in [5, 5.41) is 3.51. The van der Waals surface area contributed by atoms with E-state index < -0.39 is 9.84 Å². The van der Waals surface area contributed by atoms with Gasteiger partial charge in [-0.1, -0.05) is 28.1 Å². The van der Waals surface area contributed by atoms with Gasteiger partial charge >= 0.3 is 0 Å². The quantitative estimate of drug-likeness (QED) is 0.926. The first-order valence-electron chi connectivity index (χ1n) is 6.18. The van der Waals surface area contributed by atoms with Crippen LogP contribution in [0.1, 0.15) is 31.4 Å². The standard InChI is InChI=1S/C13H18BrNO2S/c1-10(11-2-4-12(14)5-3-11)15-13-6-8-18(16,17)9-7-13/h2-5,10,13,15H,6-9H2,1H3/t10-/m1/s1. The van der Waals surface area contributed by atoms with Crippen molar-refractivity contribution in [3.63, 3.8) is 0 Å². The van der Waals surface area contributed by atoms with Gasteiger partial charge in [-0.15, -0.1) is 0 Å². The molecule has 5 heteroatoms. The van der Waals surface area contributed by atoms with Crippen molar-refractivity contribution >= 4 is 25.8 Å². The predicted octanol–water partition coefficient (Wildman–Crippen LogP) is 2.68. The highest BCUT2D eigenvalue weighted by Gasteiger charge is 2.24. The molecule has 0 bridgehead atoms. The summed E-state index contributed by atoms with van der Waals surface area (Å²) < 4.78 is 23.8. The van der Waals surface area contributed by atoms with Gasteiger partial charge in [-0.05, 0) is 37.5 Å². The molecule has 1 aromatic carbocycles. The Bertz CT molecular complexity index is 484.